The first kappa shape index (κ1) is 17.2. The summed E-state index contributed by atoms with van der Waals surface area (Å²) in [5.74, 6) is 0.505. The summed E-state index contributed by atoms with van der Waals surface area (Å²) in [6.07, 6.45) is 10.2. The highest BCUT2D eigenvalue weighted by Gasteiger charge is 2.42. The number of nitrogens with zero attached hydrogens (tertiary/aromatic N) is 1. The van der Waals surface area contributed by atoms with E-state index >= 15 is 0 Å². The van der Waals surface area contributed by atoms with Gasteiger partial charge in [-0.1, -0.05) is 32.1 Å². The van der Waals surface area contributed by atoms with Gasteiger partial charge in [0.15, 0.2) is 9.84 Å². The number of likely N-dealkylation sites (tertiary alicyclic amines) is 1. The second kappa shape index (κ2) is 7.51. The fraction of sp³-hybridized carbons (Fsp3) is 0.941. The highest BCUT2D eigenvalue weighted by Crippen LogP contribution is 2.25. The minimum absolute atomic E-state index is 0.0139. The van der Waals surface area contributed by atoms with Gasteiger partial charge < -0.3 is 5.32 Å². The van der Waals surface area contributed by atoms with E-state index in [4.69, 9.17) is 0 Å². The van der Waals surface area contributed by atoms with Gasteiger partial charge >= 0.3 is 0 Å². The van der Waals surface area contributed by atoms with Gasteiger partial charge in [0.1, 0.15) is 0 Å². The third-order valence-electron chi connectivity index (χ3n) is 5.74. The number of carbonyl (C=O) groups excluding carboxylic acids is 1. The van der Waals surface area contributed by atoms with Crippen molar-refractivity contribution in [2.24, 2.45) is 5.92 Å². The van der Waals surface area contributed by atoms with Crippen LogP contribution in [0.2, 0.25) is 0 Å². The van der Waals surface area contributed by atoms with Crippen LogP contribution in [0, 0.1) is 5.92 Å². The van der Waals surface area contributed by atoms with E-state index in [9.17, 15) is 13.2 Å². The molecular weight excluding hydrogens is 312 g/mol. The van der Waals surface area contributed by atoms with E-state index in [2.05, 4.69) is 10.2 Å². The number of nitrogens with one attached hydrogen (secondary N) is 1. The predicted molar refractivity (Wildman–Crippen MR) is 91.0 cm³/mol. The lowest BCUT2D eigenvalue weighted by atomic mass is 9.90. The van der Waals surface area contributed by atoms with E-state index in [1.54, 1.807) is 0 Å². The van der Waals surface area contributed by atoms with E-state index < -0.39 is 9.84 Å². The summed E-state index contributed by atoms with van der Waals surface area (Å²) >= 11 is 0. The minimum atomic E-state index is -3.03. The first-order valence-electron chi connectivity index (χ1n) is 9.30. The summed E-state index contributed by atoms with van der Waals surface area (Å²) < 4.78 is 24.2. The molecule has 0 radical (unpaired) electrons. The maximum absolute atomic E-state index is 12.7. The predicted octanol–water partition coefficient (Wildman–Crippen LogP) is 1.72. The fourth-order valence-corrected chi connectivity index (χ4v) is 6.37. The van der Waals surface area contributed by atoms with E-state index in [1.807, 2.05) is 0 Å². The molecule has 2 saturated heterocycles. The summed E-state index contributed by atoms with van der Waals surface area (Å²) in [5.41, 5.74) is 0. The van der Waals surface area contributed by atoms with Crippen LogP contribution in [0.15, 0.2) is 0 Å². The molecule has 23 heavy (non-hydrogen) atoms. The summed E-state index contributed by atoms with van der Waals surface area (Å²) in [5, 5.41) is 3.12. The summed E-state index contributed by atoms with van der Waals surface area (Å²) in [7, 11) is -3.03. The first-order valence-corrected chi connectivity index (χ1v) is 11.1. The Morgan fingerprint density at radius 1 is 0.870 bits per heavy atom. The number of sulfone groups is 1. The quantitative estimate of drug-likeness (QED) is 0.848. The SMILES string of the molecule is O=C(N[C@@H]1CS(=O)(=O)C[C@H]1N1CCCC1)C1CCCCCCC1. The van der Waals surface area contributed by atoms with E-state index in [0.717, 1.165) is 51.6 Å². The van der Waals surface area contributed by atoms with Gasteiger partial charge in [0.05, 0.1) is 17.5 Å². The van der Waals surface area contributed by atoms with Crippen molar-refractivity contribution in [1.29, 1.82) is 0 Å². The van der Waals surface area contributed by atoms with Crippen molar-refractivity contribution in [3.8, 4) is 0 Å². The maximum Gasteiger partial charge on any atom is 0.223 e. The maximum atomic E-state index is 12.7. The monoisotopic (exact) mass is 342 g/mol. The Bertz CT molecular complexity index is 506. The second-order valence-electron chi connectivity index (χ2n) is 7.54. The van der Waals surface area contributed by atoms with E-state index in [-0.39, 0.29) is 35.4 Å². The second-order valence-corrected chi connectivity index (χ2v) is 9.70. The van der Waals surface area contributed by atoms with E-state index in [0.29, 0.717) is 0 Å². The van der Waals surface area contributed by atoms with Gasteiger partial charge in [0, 0.05) is 12.0 Å². The molecule has 5 nitrogen and oxygen atoms in total. The summed E-state index contributed by atoms with van der Waals surface area (Å²) in [4.78, 5) is 14.9. The highest BCUT2D eigenvalue weighted by atomic mass is 32.2. The van der Waals surface area contributed by atoms with Gasteiger partial charge in [-0.05, 0) is 38.8 Å². The number of hydrogen-bond donors (Lipinski definition) is 1. The number of carbonyl (C=O) groups is 1. The molecule has 1 aliphatic carbocycles. The lowest BCUT2D eigenvalue weighted by molar-refractivity contribution is -0.126. The molecule has 6 heteroatoms. The van der Waals surface area contributed by atoms with E-state index in [1.165, 1.54) is 19.3 Å². The molecule has 132 valence electrons. The highest BCUT2D eigenvalue weighted by molar-refractivity contribution is 7.91. The third-order valence-corrected chi connectivity index (χ3v) is 7.45. The van der Waals surface area contributed by atoms with Crippen LogP contribution < -0.4 is 5.32 Å². The molecule has 2 aliphatic heterocycles. The van der Waals surface area contributed by atoms with Gasteiger partial charge in [0.25, 0.3) is 0 Å². The third kappa shape index (κ3) is 4.47. The van der Waals surface area contributed by atoms with Crippen molar-refractivity contribution in [1.82, 2.24) is 10.2 Å². The first-order chi connectivity index (χ1) is 11.1. The Labute approximate surface area is 140 Å². The summed E-state index contributed by atoms with van der Waals surface area (Å²) in [6, 6.07) is -0.226. The molecule has 1 amide bonds. The van der Waals surface area contributed by atoms with Gasteiger partial charge in [-0.15, -0.1) is 0 Å². The molecule has 0 unspecified atom stereocenters. The molecule has 0 aromatic carbocycles. The van der Waals surface area contributed by atoms with Gasteiger partial charge in [-0.3, -0.25) is 9.69 Å². The average molecular weight is 343 g/mol. The molecule has 3 aliphatic rings. The van der Waals surface area contributed by atoms with Crippen molar-refractivity contribution >= 4 is 15.7 Å². The van der Waals surface area contributed by atoms with Gasteiger partial charge in [-0.25, -0.2) is 8.42 Å². The molecule has 0 aromatic rings. The normalized spacial score (nSPS) is 33.2. The van der Waals surface area contributed by atoms with Crippen molar-refractivity contribution in [2.75, 3.05) is 24.6 Å². The number of amides is 1. The van der Waals surface area contributed by atoms with Gasteiger partial charge in [0.2, 0.25) is 5.91 Å². The average Bonchev–Trinajstić information content (AvgIpc) is 3.05. The lowest BCUT2D eigenvalue weighted by Gasteiger charge is -2.29. The smallest absolute Gasteiger partial charge is 0.223 e. The molecule has 3 fully saturated rings. The molecular formula is C17H30N2O3S. The van der Waals surface area contributed by atoms with Crippen LogP contribution in [-0.4, -0.2) is 55.9 Å². The van der Waals surface area contributed by atoms with Crippen LogP contribution in [0.5, 0.6) is 0 Å². The molecule has 0 spiro atoms. The van der Waals surface area contributed by atoms with Crippen LogP contribution >= 0.6 is 0 Å². The van der Waals surface area contributed by atoms with Crippen LogP contribution in [-0.2, 0) is 14.6 Å². The molecule has 0 bridgehead atoms. The molecule has 0 aromatic heterocycles. The number of rotatable bonds is 3. The Balaban J connectivity index is 1.62. The Morgan fingerprint density at radius 2 is 1.48 bits per heavy atom. The topological polar surface area (TPSA) is 66.5 Å². The van der Waals surface area contributed by atoms with Crippen LogP contribution in [0.3, 0.4) is 0 Å². The lowest BCUT2D eigenvalue weighted by Crippen LogP contribution is -2.51. The Kier molecular flexibility index (Phi) is 5.62. The number of hydrogen-bond acceptors (Lipinski definition) is 4. The zero-order valence-corrected chi connectivity index (χ0v) is 14.8. The Hall–Kier alpha value is -0.620. The van der Waals surface area contributed by atoms with Crippen molar-refractivity contribution in [3.05, 3.63) is 0 Å². The molecule has 2 heterocycles. The van der Waals surface area contributed by atoms with Crippen LogP contribution in [0.4, 0.5) is 0 Å². The largest absolute Gasteiger partial charge is 0.350 e. The molecule has 2 atom stereocenters. The molecule has 1 saturated carbocycles. The van der Waals surface area contributed by atoms with Crippen LogP contribution in [0.1, 0.15) is 57.8 Å². The zero-order valence-electron chi connectivity index (χ0n) is 14.0. The standard InChI is InChI=1S/C17H30N2O3S/c20-17(14-8-4-2-1-3-5-9-14)18-15-12-23(21,22)13-16(15)19-10-6-7-11-19/h14-16H,1-13H2,(H,18,20)/t15-,16-/m1/s1. The van der Waals surface area contributed by atoms with Gasteiger partial charge in [-0.2, -0.15) is 0 Å². The van der Waals surface area contributed by atoms with Crippen molar-refractivity contribution in [2.45, 2.75) is 69.9 Å². The van der Waals surface area contributed by atoms with Crippen LogP contribution in [0.25, 0.3) is 0 Å². The zero-order chi connectivity index (χ0) is 16.3. The summed E-state index contributed by atoms with van der Waals surface area (Å²) in [6.45, 7) is 1.94. The molecule has 1 N–H and O–H groups in total. The van der Waals surface area contributed by atoms with Crippen molar-refractivity contribution < 1.29 is 13.2 Å². The minimum Gasteiger partial charge on any atom is -0.350 e. The molecule has 3 rings (SSSR count). The Morgan fingerprint density at radius 3 is 2.13 bits per heavy atom. The van der Waals surface area contributed by atoms with Crippen molar-refractivity contribution in [3.63, 3.8) is 0 Å². The fourth-order valence-electron chi connectivity index (χ4n) is 4.42.